The Balaban J connectivity index is 2.56. The average molecular weight is 358 g/mol. The van der Waals surface area contributed by atoms with Crippen LogP contribution < -0.4 is 10.4 Å². The summed E-state index contributed by atoms with van der Waals surface area (Å²) in [5.41, 5.74) is 4.37. The molecule has 1 N–H and O–H groups in total. The maximum atomic E-state index is 12.2. The zero-order valence-electron chi connectivity index (χ0n) is 12.4. The lowest BCUT2D eigenvalue weighted by Crippen LogP contribution is -2.41. The summed E-state index contributed by atoms with van der Waals surface area (Å²) in [6, 6.07) is 3.71. The quantitative estimate of drug-likeness (QED) is 0.653. The molecule has 0 aliphatic rings. The average Bonchev–Trinajstić information content (AvgIpc) is 2.89. The van der Waals surface area contributed by atoms with Gasteiger partial charge in [-0.3, -0.25) is 9.78 Å². The number of carbonyl (C=O) groups excluding carboxylic acids is 1. The van der Waals surface area contributed by atoms with Gasteiger partial charge in [-0.05, 0) is 24.6 Å². The van der Waals surface area contributed by atoms with Gasteiger partial charge in [0, 0.05) is 12.7 Å². The Morgan fingerprint density at radius 1 is 1.50 bits per heavy atom. The number of nitrogens with one attached hydrogen (secondary N) is 1. The number of pyridine rings is 1. The standard InChI is InChI=1S/C13H16ClN5OS2/c1-4-16-19(13(20)22-3)10-11(14)17-18(12(10)21-2)9-6-5-7-15-8-9/h5-8,16H,4H2,1-3H3. The van der Waals surface area contributed by atoms with Crippen molar-refractivity contribution in [1.29, 1.82) is 0 Å². The number of anilines is 1. The Bertz CT molecular complexity index is 649. The molecule has 118 valence electrons. The molecule has 22 heavy (non-hydrogen) atoms. The summed E-state index contributed by atoms with van der Waals surface area (Å²) >= 11 is 8.87. The molecule has 0 atom stereocenters. The zero-order chi connectivity index (χ0) is 16.1. The van der Waals surface area contributed by atoms with Crippen molar-refractivity contribution < 1.29 is 4.79 Å². The summed E-state index contributed by atoms with van der Waals surface area (Å²) in [5.74, 6) is 0. The van der Waals surface area contributed by atoms with Crippen molar-refractivity contribution in [2.75, 3.05) is 24.1 Å². The van der Waals surface area contributed by atoms with Gasteiger partial charge in [-0.2, -0.15) is 5.10 Å². The summed E-state index contributed by atoms with van der Waals surface area (Å²) in [5, 5.41) is 6.67. The van der Waals surface area contributed by atoms with Crippen LogP contribution in [0.2, 0.25) is 5.15 Å². The summed E-state index contributed by atoms with van der Waals surface area (Å²) in [7, 11) is 0. The van der Waals surface area contributed by atoms with Crippen molar-refractivity contribution in [2.45, 2.75) is 11.9 Å². The van der Waals surface area contributed by atoms with Crippen LogP contribution in [0.25, 0.3) is 5.69 Å². The molecule has 9 heteroatoms. The summed E-state index contributed by atoms with van der Waals surface area (Å²) < 4.78 is 1.69. The molecule has 0 aliphatic heterocycles. The Morgan fingerprint density at radius 3 is 2.82 bits per heavy atom. The van der Waals surface area contributed by atoms with Crippen LogP contribution in [-0.4, -0.2) is 39.1 Å². The Hall–Kier alpha value is -1.22. The smallest absolute Gasteiger partial charge is 0.262 e. The van der Waals surface area contributed by atoms with Gasteiger partial charge in [-0.25, -0.2) is 15.1 Å². The highest BCUT2D eigenvalue weighted by Gasteiger charge is 2.26. The molecule has 2 aromatic rings. The molecule has 0 aliphatic carbocycles. The monoisotopic (exact) mass is 357 g/mol. The molecular weight excluding hydrogens is 342 g/mol. The summed E-state index contributed by atoms with van der Waals surface area (Å²) in [6.07, 6.45) is 7.03. The minimum Gasteiger partial charge on any atom is -0.262 e. The molecule has 2 rings (SSSR count). The van der Waals surface area contributed by atoms with Gasteiger partial charge in [0.25, 0.3) is 5.24 Å². The van der Waals surface area contributed by atoms with Crippen molar-refractivity contribution in [3.8, 4) is 5.69 Å². The van der Waals surface area contributed by atoms with Crippen LogP contribution in [0.15, 0.2) is 29.6 Å². The van der Waals surface area contributed by atoms with E-state index in [1.807, 2.05) is 25.3 Å². The number of amides is 1. The lowest BCUT2D eigenvalue weighted by Gasteiger charge is -2.21. The number of carbonyl (C=O) groups is 1. The second-order valence-electron chi connectivity index (χ2n) is 4.09. The number of rotatable bonds is 5. The largest absolute Gasteiger partial charge is 0.300 e. The topological polar surface area (TPSA) is 63.1 Å². The first-order valence-corrected chi connectivity index (χ1v) is 9.31. The highest BCUT2D eigenvalue weighted by Crippen LogP contribution is 2.37. The fraction of sp³-hybridized carbons (Fsp3) is 0.308. The second kappa shape index (κ2) is 7.87. The minimum atomic E-state index is -0.148. The van der Waals surface area contributed by atoms with Crippen LogP contribution in [0.3, 0.4) is 0 Å². The number of nitrogens with zero attached hydrogens (tertiary/aromatic N) is 4. The molecule has 0 bridgehead atoms. The van der Waals surface area contributed by atoms with E-state index in [1.54, 1.807) is 23.3 Å². The Morgan fingerprint density at radius 2 is 2.27 bits per heavy atom. The van der Waals surface area contributed by atoms with E-state index >= 15 is 0 Å². The maximum absolute atomic E-state index is 12.2. The Labute approximate surface area is 142 Å². The van der Waals surface area contributed by atoms with Crippen LogP contribution in [0.1, 0.15) is 6.92 Å². The number of thioether (sulfide) groups is 2. The van der Waals surface area contributed by atoms with Crippen molar-refractivity contribution in [1.82, 2.24) is 20.2 Å². The van der Waals surface area contributed by atoms with Gasteiger partial charge in [0.05, 0.1) is 11.9 Å². The van der Waals surface area contributed by atoms with Crippen molar-refractivity contribution in [3.05, 3.63) is 29.7 Å². The molecule has 0 saturated heterocycles. The van der Waals surface area contributed by atoms with Crippen LogP contribution in [0.4, 0.5) is 10.5 Å². The second-order valence-corrected chi connectivity index (χ2v) is 6.00. The van der Waals surface area contributed by atoms with E-state index in [2.05, 4.69) is 15.5 Å². The SMILES string of the molecule is CCNN(C(=O)SC)c1c(Cl)nn(-c2cccnc2)c1SC. The van der Waals surface area contributed by atoms with Gasteiger partial charge in [0.1, 0.15) is 10.7 Å². The van der Waals surface area contributed by atoms with E-state index in [1.165, 1.54) is 16.8 Å². The highest BCUT2D eigenvalue weighted by atomic mass is 35.5. The van der Waals surface area contributed by atoms with Gasteiger partial charge < -0.3 is 0 Å². The highest BCUT2D eigenvalue weighted by molar-refractivity contribution is 8.13. The number of hydrogen-bond donors (Lipinski definition) is 1. The first kappa shape index (κ1) is 17.1. The van der Waals surface area contributed by atoms with Gasteiger partial charge in [0.2, 0.25) is 0 Å². The van der Waals surface area contributed by atoms with Crippen LogP contribution in [0.5, 0.6) is 0 Å². The summed E-state index contributed by atoms with van der Waals surface area (Å²) in [6.45, 7) is 2.51. The van der Waals surface area contributed by atoms with Crippen molar-refractivity contribution in [3.63, 3.8) is 0 Å². The minimum absolute atomic E-state index is 0.148. The number of halogens is 1. The molecule has 2 aromatic heterocycles. The maximum Gasteiger partial charge on any atom is 0.300 e. The first-order valence-electron chi connectivity index (χ1n) is 6.48. The molecule has 0 unspecified atom stereocenters. The molecule has 0 fully saturated rings. The molecule has 1 amide bonds. The molecule has 0 saturated carbocycles. The lowest BCUT2D eigenvalue weighted by atomic mass is 10.4. The fourth-order valence-electron chi connectivity index (χ4n) is 1.88. The van der Waals surface area contributed by atoms with Gasteiger partial charge >= 0.3 is 0 Å². The van der Waals surface area contributed by atoms with E-state index in [4.69, 9.17) is 11.6 Å². The first-order chi connectivity index (χ1) is 10.6. The van der Waals surface area contributed by atoms with E-state index in [9.17, 15) is 4.79 Å². The third kappa shape index (κ3) is 3.40. The van der Waals surface area contributed by atoms with E-state index in [0.717, 1.165) is 22.5 Å². The normalized spacial score (nSPS) is 10.7. The lowest BCUT2D eigenvalue weighted by molar-refractivity contribution is 0.263. The predicted octanol–water partition coefficient (Wildman–Crippen LogP) is 3.46. The summed E-state index contributed by atoms with van der Waals surface area (Å²) in [4.78, 5) is 16.3. The van der Waals surface area contributed by atoms with Crippen LogP contribution >= 0.6 is 35.1 Å². The van der Waals surface area contributed by atoms with E-state index in [0.29, 0.717) is 12.2 Å². The molecule has 6 nitrogen and oxygen atoms in total. The third-order valence-corrected chi connectivity index (χ3v) is 4.30. The van der Waals surface area contributed by atoms with Crippen LogP contribution in [0, 0.1) is 0 Å². The molecule has 0 aromatic carbocycles. The number of hydrazine groups is 1. The van der Waals surface area contributed by atoms with Gasteiger partial charge in [0.15, 0.2) is 5.15 Å². The van der Waals surface area contributed by atoms with Gasteiger partial charge in [-0.15, -0.1) is 11.8 Å². The van der Waals surface area contributed by atoms with Crippen LogP contribution in [-0.2, 0) is 0 Å². The number of aromatic nitrogens is 3. The fourth-order valence-corrected chi connectivity index (χ4v) is 3.22. The van der Waals surface area contributed by atoms with Gasteiger partial charge in [-0.1, -0.05) is 30.3 Å². The number of hydrogen-bond acceptors (Lipinski definition) is 6. The van der Waals surface area contributed by atoms with Crippen molar-refractivity contribution in [2.24, 2.45) is 0 Å². The molecular formula is C13H16ClN5OS2. The Kier molecular flexibility index (Phi) is 6.13. The zero-order valence-corrected chi connectivity index (χ0v) is 14.8. The predicted molar refractivity (Wildman–Crippen MR) is 93.2 cm³/mol. The van der Waals surface area contributed by atoms with E-state index in [-0.39, 0.29) is 10.4 Å². The van der Waals surface area contributed by atoms with E-state index < -0.39 is 0 Å². The molecule has 0 radical (unpaired) electrons. The molecule has 2 heterocycles. The third-order valence-electron chi connectivity index (χ3n) is 2.76. The molecule has 0 spiro atoms. The van der Waals surface area contributed by atoms with Crippen molar-refractivity contribution >= 4 is 46.1 Å².